The van der Waals surface area contributed by atoms with Crippen molar-refractivity contribution in [3.05, 3.63) is 84.1 Å². The largest absolute Gasteiger partial charge is 0.464 e. The summed E-state index contributed by atoms with van der Waals surface area (Å²) in [4.78, 5) is 20.1. The van der Waals surface area contributed by atoms with Crippen LogP contribution in [-0.2, 0) is 0 Å². The lowest BCUT2D eigenvalue weighted by atomic mass is 10.0. The van der Waals surface area contributed by atoms with Gasteiger partial charge >= 0.3 is 0 Å². The zero-order valence-electron chi connectivity index (χ0n) is 20.6. The van der Waals surface area contributed by atoms with Crippen LogP contribution >= 0.6 is 0 Å². The molecular formula is C28H28N6O. The first-order valence-electron chi connectivity index (χ1n) is 11.6. The summed E-state index contributed by atoms with van der Waals surface area (Å²) < 4.78 is 5.59. The average Bonchev–Trinajstić information content (AvgIpc) is 3.24. The van der Waals surface area contributed by atoms with Crippen LogP contribution in [0.5, 0.6) is 0 Å². The van der Waals surface area contributed by atoms with Gasteiger partial charge in [-0.05, 0) is 61.7 Å². The molecule has 35 heavy (non-hydrogen) atoms. The molecule has 0 saturated heterocycles. The van der Waals surface area contributed by atoms with Crippen LogP contribution in [0, 0.1) is 13.8 Å². The van der Waals surface area contributed by atoms with Gasteiger partial charge in [0.2, 0.25) is 5.95 Å². The Morgan fingerprint density at radius 3 is 2.46 bits per heavy atom. The third kappa shape index (κ3) is 4.71. The fourth-order valence-corrected chi connectivity index (χ4v) is 4.10. The number of benzene rings is 2. The molecule has 0 unspecified atom stereocenters. The van der Waals surface area contributed by atoms with Gasteiger partial charge in [0, 0.05) is 55.1 Å². The topological polar surface area (TPSA) is 80.0 Å². The van der Waals surface area contributed by atoms with E-state index in [9.17, 15) is 0 Å². The number of hydrogen-bond acceptors (Lipinski definition) is 7. The second kappa shape index (κ2) is 9.18. The first kappa shape index (κ1) is 22.5. The molecule has 0 radical (unpaired) electrons. The van der Waals surface area contributed by atoms with Gasteiger partial charge in [-0.3, -0.25) is 0 Å². The molecule has 1 atom stereocenters. The highest BCUT2D eigenvalue weighted by molar-refractivity contribution is 5.85. The minimum absolute atomic E-state index is 0.0395. The van der Waals surface area contributed by atoms with E-state index >= 15 is 0 Å². The van der Waals surface area contributed by atoms with E-state index < -0.39 is 0 Å². The number of furan rings is 1. The van der Waals surface area contributed by atoms with Gasteiger partial charge in [0.25, 0.3) is 0 Å². The maximum absolute atomic E-state index is 5.59. The van der Waals surface area contributed by atoms with Crippen LogP contribution in [0.1, 0.15) is 29.9 Å². The van der Waals surface area contributed by atoms with Crippen LogP contribution < -0.4 is 10.2 Å². The molecule has 7 heteroatoms. The third-order valence-corrected chi connectivity index (χ3v) is 6.02. The normalized spacial score (nSPS) is 12.0. The number of fused-ring (bicyclic) bond motifs is 1. The lowest BCUT2D eigenvalue weighted by molar-refractivity contribution is 0.613. The number of nitrogens with one attached hydrogen (secondary N) is 1. The van der Waals surface area contributed by atoms with E-state index in [2.05, 4.69) is 62.5 Å². The van der Waals surface area contributed by atoms with Gasteiger partial charge in [-0.15, -0.1) is 0 Å². The molecule has 0 aliphatic rings. The second-order valence-electron chi connectivity index (χ2n) is 8.97. The van der Waals surface area contributed by atoms with Crippen LogP contribution in [-0.4, -0.2) is 34.0 Å². The fourth-order valence-electron chi connectivity index (χ4n) is 4.10. The van der Waals surface area contributed by atoms with E-state index in [1.165, 1.54) is 0 Å². The smallest absolute Gasteiger partial charge is 0.224 e. The summed E-state index contributed by atoms with van der Waals surface area (Å²) in [6, 6.07) is 16.6. The third-order valence-electron chi connectivity index (χ3n) is 6.02. The van der Waals surface area contributed by atoms with Crippen LogP contribution in [0.4, 0.5) is 11.8 Å². The predicted octanol–water partition coefficient (Wildman–Crippen LogP) is 6.20. The van der Waals surface area contributed by atoms with Crippen molar-refractivity contribution in [2.45, 2.75) is 26.8 Å². The molecule has 2 aromatic carbocycles. The van der Waals surface area contributed by atoms with Gasteiger partial charge in [0.15, 0.2) is 0 Å². The van der Waals surface area contributed by atoms with Crippen molar-refractivity contribution in [2.24, 2.45) is 0 Å². The zero-order valence-corrected chi connectivity index (χ0v) is 20.6. The maximum Gasteiger partial charge on any atom is 0.224 e. The number of hydrogen-bond donors (Lipinski definition) is 1. The molecule has 3 aromatic heterocycles. The van der Waals surface area contributed by atoms with Gasteiger partial charge in [-0.2, -0.15) is 0 Å². The Balaban J connectivity index is 1.40. The molecule has 0 saturated carbocycles. The van der Waals surface area contributed by atoms with Crippen molar-refractivity contribution in [1.82, 2.24) is 19.9 Å². The standard InChI is InChI=1S/C28H28N6O/c1-17-16-35-26-10-9-22(12-24(17)26)25-13-27(33-19(3)32-25)31-18(2)20-7-6-8-21(11-20)23-14-29-28(30-15-23)34(4)5/h6-16,18H,1-5H3,(H,31,32,33)/t18-/m0/s1. The molecule has 0 aliphatic heterocycles. The molecule has 5 rings (SSSR count). The molecule has 0 amide bonds. The van der Waals surface area contributed by atoms with E-state index in [1.54, 1.807) is 6.26 Å². The first-order chi connectivity index (χ1) is 16.9. The number of aryl methyl sites for hydroxylation is 2. The van der Waals surface area contributed by atoms with Gasteiger partial charge < -0.3 is 14.6 Å². The van der Waals surface area contributed by atoms with Crippen molar-refractivity contribution >= 4 is 22.7 Å². The summed E-state index contributed by atoms with van der Waals surface area (Å²) in [6.45, 7) is 6.09. The molecule has 176 valence electrons. The molecular weight excluding hydrogens is 436 g/mol. The lowest BCUT2D eigenvalue weighted by Gasteiger charge is -2.17. The van der Waals surface area contributed by atoms with Crippen LogP contribution in [0.15, 0.2) is 71.6 Å². The Morgan fingerprint density at radius 1 is 0.886 bits per heavy atom. The lowest BCUT2D eigenvalue weighted by Crippen LogP contribution is -2.12. The van der Waals surface area contributed by atoms with Gasteiger partial charge in [0.1, 0.15) is 17.2 Å². The Labute approximate surface area is 204 Å². The Hall–Kier alpha value is -4.26. The molecule has 0 spiro atoms. The summed E-state index contributed by atoms with van der Waals surface area (Å²) in [6.07, 6.45) is 5.50. The highest BCUT2D eigenvalue weighted by Gasteiger charge is 2.12. The van der Waals surface area contributed by atoms with E-state index in [4.69, 9.17) is 4.42 Å². The average molecular weight is 465 g/mol. The summed E-state index contributed by atoms with van der Waals surface area (Å²) in [5.74, 6) is 2.19. The number of anilines is 2. The summed E-state index contributed by atoms with van der Waals surface area (Å²) in [5, 5.41) is 4.65. The minimum Gasteiger partial charge on any atom is -0.464 e. The number of rotatable bonds is 6. The van der Waals surface area contributed by atoms with Crippen molar-refractivity contribution in [1.29, 1.82) is 0 Å². The van der Waals surface area contributed by atoms with Crippen molar-refractivity contribution in [2.75, 3.05) is 24.3 Å². The number of aromatic nitrogens is 4. The number of nitrogens with zero attached hydrogens (tertiary/aromatic N) is 5. The zero-order chi connectivity index (χ0) is 24.5. The second-order valence-corrected chi connectivity index (χ2v) is 8.97. The molecule has 7 nitrogen and oxygen atoms in total. The molecule has 0 aliphatic carbocycles. The summed E-state index contributed by atoms with van der Waals surface area (Å²) in [5.41, 5.74) is 7.10. The molecule has 1 N–H and O–H groups in total. The molecule has 3 heterocycles. The Kier molecular flexibility index (Phi) is 5.91. The van der Waals surface area contributed by atoms with E-state index in [1.807, 2.05) is 63.4 Å². The van der Waals surface area contributed by atoms with E-state index in [0.29, 0.717) is 11.8 Å². The van der Waals surface area contributed by atoms with Crippen LogP contribution in [0.2, 0.25) is 0 Å². The monoisotopic (exact) mass is 464 g/mol. The van der Waals surface area contributed by atoms with Crippen LogP contribution in [0.25, 0.3) is 33.4 Å². The van der Waals surface area contributed by atoms with E-state index in [0.717, 1.165) is 50.3 Å². The molecule has 0 fully saturated rings. The quantitative estimate of drug-likeness (QED) is 0.320. The van der Waals surface area contributed by atoms with Crippen molar-refractivity contribution < 1.29 is 4.42 Å². The van der Waals surface area contributed by atoms with Crippen molar-refractivity contribution in [3.8, 4) is 22.4 Å². The fraction of sp³-hybridized carbons (Fsp3) is 0.214. The van der Waals surface area contributed by atoms with Gasteiger partial charge in [-0.1, -0.05) is 18.2 Å². The summed E-state index contributed by atoms with van der Waals surface area (Å²) >= 11 is 0. The minimum atomic E-state index is 0.0395. The van der Waals surface area contributed by atoms with Crippen LogP contribution in [0.3, 0.4) is 0 Å². The Morgan fingerprint density at radius 2 is 1.69 bits per heavy atom. The first-order valence-corrected chi connectivity index (χ1v) is 11.6. The highest BCUT2D eigenvalue weighted by Crippen LogP contribution is 2.29. The van der Waals surface area contributed by atoms with Crippen molar-refractivity contribution in [3.63, 3.8) is 0 Å². The van der Waals surface area contributed by atoms with Gasteiger partial charge in [0.05, 0.1) is 12.0 Å². The predicted molar refractivity (Wildman–Crippen MR) is 141 cm³/mol. The van der Waals surface area contributed by atoms with Gasteiger partial charge in [-0.25, -0.2) is 19.9 Å². The van der Waals surface area contributed by atoms with E-state index in [-0.39, 0.29) is 6.04 Å². The highest BCUT2D eigenvalue weighted by atomic mass is 16.3. The Bertz CT molecular complexity index is 1490. The summed E-state index contributed by atoms with van der Waals surface area (Å²) in [7, 11) is 3.86. The maximum atomic E-state index is 5.59. The molecule has 0 bridgehead atoms. The SMILES string of the molecule is Cc1nc(N[C@@H](C)c2cccc(-c3cnc(N(C)C)nc3)c2)cc(-c2ccc3occ(C)c3c2)n1. The molecule has 5 aromatic rings.